The van der Waals surface area contributed by atoms with Crippen molar-refractivity contribution >= 4 is 28.6 Å². The van der Waals surface area contributed by atoms with E-state index >= 15 is 0 Å². The fourth-order valence-corrected chi connectivity index (χ4v) is 4.49. The van der Waals surface area contributed by atoms with Gasteiger partial charge < -0.3 is 20.7 Å². The second-order valence-electron chi connectivity index (χ2n) is 10.6. The minimum Gasteiger partial charge on any atom is -0.440 e. The average molecular weight is 573 g/mol. The summed E-state index contributed by atoms with van der Waals surface area (Å²) in [5.74, 6) is -1.36. The van der Waals surface area contributed by atoms with Gasteiger partial charge in [0.2, 0.25) is 11.9 Å². The highest BCUT2D eigenvalue weighted by Crippen LogP contribution is 2.35. The van der Waals surface area contributed by atoms with Gasteiger partial charge in [-0.25, -0.2) is 9.97 Å². The van der Waals surface area contributed by atoms with Gasteiger partial charge in [-0.2, -0.15) is 4.39 Å². The van der Waals surface area contributed by atoms with E-state index in [-0.39, 0.29) is 11.8 Å². The van der Waals surface area contributed by atoms with Crippen LogP contribution in [0.1, 0.15) is 33.4 Å². The van der Waals surface area contributed by atoms with Crippen molar-refractivity contribution < 1.29 is 18.7 Å². The molecule has 4 rings (SSSR count). The molecule has 0 aliphatic carbocycles. The Morgan fingerprint density at radius 1 is 1.12 bits per heavy atom. The zero-order valence-corrected chi connectivity index (χ0v) is 24.5. The van der Waals surface area contributed by atoms with Gasteiger partial charge in [0, 0.05) is 59.5 Å². The molecule has 0 aliphatic rings. The number of hydrogen-bond acceptors (Lipinski definition) is 7. The third kappa shape index (κ3) is 7.26. The molecule has 0 saturated heterocycles. The molecule has 0 radical (unpaired) electrons. The van der Waals surface area contributed by atoms with Crippen LogP contribution in [0.5, 0.6) is 0 Å². The molecule has 4 aromatic rings. The number of likely N-dealkylation sites (N-methyl/N-ethyl adjacent to an activating group) is 1. The first kappa shape index (κ1) is 30.5. The predicted octanol–water partition coefficient (Wildman–Crippen LogP) is 5.40. The molecule has 0 fully saturated rings. The summed E-state index contributed by atoms with van der Waals surface area (Å²) < 4.78 is 21.6. The zero-order valence-electron chi connectivity index (χ0n) is 24.5. The van der Waals surface area contributed by atoms with Crippen LogP contribution in [0.25, 0.3) is 33.3 Å². The van der Waals surface area contributed by atoms with Gasteiger partial charge in [-0.1, -0.05) is 38.5 Å². The molecule has 9 nitrogen and oxygen atoms in total. The van der Waals surface area contributed by atoms with Crippen LogP contribution in [-0.2, 0) is 14.3 Å². The van der Waals surface area contributed by atoms with Crippen molar-refractivity contribution in [2.75, 3.05) is 26.0 Å². The number of halogens is 1. The van der Waals surface area contributed by atoms with E-state index in [0.717, 1.165) is 22.9 Å². The standard InChI is InChI=1S/C32H37FN6O3/c1-6-20(2)30(34)32(41)42-21(3)39-19-27(23-12-13-35-28(33)17-23)26-16-24(18-36-31(26)39)22-9-7-10-25(15-22)37-29(40)11-8-14-38(4)5/h7-13,15-21,30H,6,14,34H2,1-5H3,(H,37,40)/b11-8+/t20-,21?,30-/m0/s1. The van der Waals surface area contributed by atoms with Gasteiger partial charge in [0.05, 0.1) is 0 Å². The van der Waals surface area contributed by atoms with E-state index in [1.807, 2.05) is 63.2 Å². The number of carbonyl (C=O) groups excluding carboxylic acids is 2. The Balaban J connectivity index is 1.70. The third-order valence-electron chi connectivity index (χ3n) is 7.12. The maximum absolute atomic E-state index is 14.1. The SMILES string of the molecule is CC[C@H](C)[C@H](N)C(=O)OC(C)n1cc(-c2ccnc(F)c2)c2cc(-c3cccc(NC(=O)/C=C/CN(C)C)c3)cnc21. The lowest BCUT2D eigenvalue weighted by Crippen LogP contribution is -2.38. The summed E-state index contributed by atoms with van der Waals surface area (Å²) in [5, 5.41) is 3.62. The largest absolute Gasteiger partial charge is 0.440 e. The molecule has 3 heterocycles. The highest BCUT2D eigenvalue weighted by molar-refractivity contribution is 6.00. The molecular weight excluding hydrogens is 535 g/mol. The smallest absolute Gasteiger partial charge is 0.325 e. The Morgan fingerprint density at radius 2 is 1.90 bits per heavy atom. The maximum Gasteiger partial charge on any atom is 0.325 e. The number of nitrogens with one attached hydrogen (secondary N) is 1. The number of benzene rings is 1. The molecule has 1 unspecified atom stereocenters. The van der Waals surface area contributed by atoms with E-state index in [2.05, 4.69) is 10.3 Å². The summed E-state index contributed by atoms with van der Waals surface area (Å²) >= 11 is 0. The summed E-state index contributed by atoms with van der Waals surface area (Å²) in [4.78, 5) is 35.5. The van der Waals surface area contributed by atoms with Crippen LogP contribution in [0, 0.1) is 11.9 Å². The van der Waals surface area contributed by atoms with Gasteiger partial charge in [-0.3, -0.25) is 14.2 Å². The summed E-state index contributed by atoms with van der Waals surface area (Å²) in [6.45, 7) is 6.27. The quantitative estimate of drug-likeness (QED) is 0.141. The molecule has 42 heavy (non-hydrogen) atoms. The number of aromatic nitrogens is 3. The number of pyridine rings is 2. The van der Waals surface area contributed by atoms with Gasteiger partial charge >= 0.3 is 5.97 Å². The maximum atomic E-state index is 14.1. The monoisotopic (exact) mass is 572 g/mol. The molecule has 3 N–H and O–H groups in total. The number of ether oxygens (including phenoxy) is 1. The molecule has 0 aliphatic heterocycles. The van der Waals surface area contributed by atoms with E-state index in [1.54, 1.807) is 36.0 Å². The molecule has 0 saturated carbocycles. The molecule has 1 aromatic carbocycles. The van der Waals surface area contributed by atoms with Crippen molar-refractivity contribution in [3.05, 3.63) is 79.2 Å². The minimum atomic E-state index is -0.746. The Morgan fingerprint density at radius 3 is 2.62 bits per heavy atom. The lowest BCUT2D eigenvalue weighted by molar-refractivity contribution is -0.155. The zero-order chi connectivity index (χ0) is 30.4. The Labute approximate surface area is 245 Å². The van der Waals surface area contributed by atoms with Crippen molar-refractivity contribution in [1.82, 2.24) is 19.4 Å². The number of fused-ring (bicyclic) bond motifs is 1. The van der Waals surface area contributed by atoms with Crippen LogP contribution in [0.4, 0.5) is 10.1 Å². The number of nitrogens with zero attached hydrogens (tertiary/aromatic N) is 4. The van der Waals surface area contributed by atoms with Crippen molar-refractivity contribution in [1.29, 1.82) is 0 Å². The highest BCUT2D eigenvalue weighted by atomic mass is 19.1. The number of anilines is 1. The number of esters is 1. The Kier molecular flexibility index (Phi) is 9.82. The van der Waals surface area contributed by atoms with Crippen molar-refractivity contribution in [3.8, 4) is 22.3 Å². The first-order valence-electron chi connectivity index (χ1n) is 13.9. The molecule has 0 bridgehead atoms. The number of carbonyl (C=O) groups is 2. The second kappa shape index (κ2) is 13.5. The third-order valence-corrected chi connectivity index (χ3v) is 7.12. The van der Waals surface area contributed by atoms with E-state index < -0.39 is 24.2 Å². The molecule has 1 amide bonds. The van der Waals surface area contributed by atoms with E-state index in [1.165, 1.54) is 18.3 Å². The van der Waals surface area contributed by atoms with E-state index in [0.29, 0.717) is 29.0 Å². The molecule has 3 atom stereocenters. The average Bonchev–Trinajstić information content (AvgIpc) is 3.35. The van der Waals surface area contributed by atoms with Crippen LogP contribution in [0.3, 0.4) is 0 Å². The lowest BCUT2D eigenvalue weighted by atomic mass is 10.0. The van der Waals surface area contributed by atoms with Crippen LogP contribution < -0.4 is 11.1 Å². The summed E-state index contributed by atoms with van der Waals surface area (Å²) in [5.41, 5.74) is 10.2. The van der Waals surface area contributed by atoms with Gasteiger partial charge in [-0.15, -0.1) is 0 Å². The van der Waals surface area contributed by atoms with E-state index in [9.17, 15) is 14.0 Å². The predicted molar refractivity (Wildman–Crippen MR) is 163 cm³/mol. The van der Waals surface area contributed by atoms with Gasteiger partial charge in [0.25, 0.3) is 0 Å². The minimum absolute atomic E-state index is 0.0308. The topological polar surface area (TPSA) is 115 Å². The fourth-order valence-electron chi connectivity index (χ4n) is 4.49. The highest BCUT2D eigenvalue weighted by Gasteiger charge is 2.25. The molecule has 3 aromatic heterocycles. The first-order chi connectivity index (χ1) is 20.1. The lowest BCUT2D eigenvalue weighted by Gasteiger charge is -2.21. The number of nitrogens with two attached hydrogens (primary N) is 1. The van der Waals surface area contributed by atoms with E-state index in [4.69, 9.17) is 15.5 Å². The van der Waals surface area contributed by atoms with Crippen LogP contribution >= 0.6 is 0 Å². The van der Waals surface area contributed by atoms with Gasteiger partial charge in [-0.05, 0) is 62.3 Å². The van der Waals surface area contributed by atoms with Crippen molar-refractivity contribution in [2.24, 2.45) is 11.7 Å². The van der Waals surface area contributed by atoms with Gasteiger partial charge in [0.15, 0.2) is 6.23 Å². The summed E-state index contributed by atoms with van der Waals surface area (Å²) in [6.07, 6.45) is 8.24. The van der Waals surface area contributed by atoms with Crippen molar-refractivity contribution in [3.63, 3.8) is 0 Å². The summed E-state index contributed by atoms with van der Waals surface area (Å²) in [6, 6.07) is 11.7. The van der Waals surface area contributed by atoms with Crippen LogP contribution in [-0.4, -0.2) is 58.0 Å². The molecular formula is C32H37FN6O3. The first-order valence-corrected chi connectivity index (χ1v) is 13.9. The normalized spacial score (nSPS) is 13.8. The summed E-state index contributed by atoms with van der Waals surface area (Å²) in [7, 11) is 3.86. The number of rotatable bonds is 11. The molecule has 220 valence electrons. The number of hydrogen-bond donors (Lipinski definition) is 2. The Bertz CT molecular complexity index is 1600. The molecule has 10 heteroatoms. The number of amides is 1. The molecule has 0 spiro atoms. The Hall–Kier alpha value is -4.41. The fraction of sp³-hybridized carbons (Fsp3) is 0.312. The van der Waals surface area contributed by atoms with Crippen molar-refractivity contribution in [2.45, 2.75) is 39.5 Å². The van der Waals surface area contributed by atoms with Gasteiger partial charge in [0.1, 0.15) is 11.7 Å². The van der Waals surface area contributed by atoms with Crippen LogP contribution in [0.15, 0.2) is 73.2 Å². The van der Waals surface area contributed by atoms with Crippen LogP contribution in [0.2, 0.25) is 0 Å². The second-order valence-corrected chi connectivity index (χ2v) is 10.6.